The van der Waals surface area contributed by atoms with Gasteiger partial charge in [-0.15, -0.1) is 10.2 Å². The van der Waals surface area contributed by atoms with Crippen molar-refractivity contribution in [3.8, 4) is 0 Å². The molecule has 0 aliphatic rings. The predicted molar refractivity (Wildman–Crippen MR) is 95.8 cm³/mol. The van der Waals surface area contributed by atoms with Crippen molar-refractivity contribution in [1.29, 1.82) is 0 Å². The lowest BCUT2D eigenvalue weighted by Crippen LogP contribution is -2.29. The Bertz CT molecular complexity index is 906. The average Bonchev–Trinajstić information content (AvgIpc) is 3.04. The van der Waals surface area contributed by atoms with E-state index in [-0.39, 0.29) is 12.5 Å². The summed E-state index contributed by atoms with van der Waals surface area (Å²) in [7, 11) is 0. The lowest BCUT2D eigenvalue weighted by molar-refractivity contribution is -0.124. The van der Waals surface area contributed by atoms with Crippen LogP contribution in [0.3, 0.4) is 0 Å². The van der Waals surface area contributed by atoms with Crippen LogP contribution in [0.15, 0.2) is 48.7 Å². The Labute approximate surface area is 151 Å². The Kier molecular flexibility index (Phi) is 5.58. The lowest BCUT2D eigenvalue weighted by Gasteiger charge is -2.07. The van der Waals surface area contributed by atoms with E-state index in [1.165, 1.54) is 5.56 Å². The van der Waals surface area contributed by atoms with E-state index < -0.39 is 5.97 Å². The van der Waals surface area contributed by atoms with Gasteiger partial charge in [-0.2, -0.15) is 0 Å². The molecule has 2 heterocycles. The van der Waals surface area contributed by atoms with Crippen LogP contribution in [0.4, 0.5) is 0 Å². The fraction of sp³-hybridized carbons (Fsp3) is 0.263. The van der Waals surface area contributed by atoms with E-state index in [1.807, 2.05) is 18.2 Å². The second kappa shape index (κ2) is 8.24. The molecule has 0 bridgehead atoms. The first-order valence-corrected chi connectivity index (χ1v) is 8.42. The van der Waals surface area contributed by atoms with Gasteiger partial charge in [0, 0.05) is 12.7 Å². The van der Waals surface area contributed by atoms with Gasteiger partial charge in [-0.3, -0.25) is 9.20 Å². The van der Waals surface area contributed by atoms with Crippen molar-refractivity contribution in [3.05, 3.63) is 65.6 Å². The molecule has 0 saturated heterocycles. The van der Waals surface area contributed by atoms with Gasteiger partial charge in [-0.05, 0) is 37.5 Å². The molecule has 0 spiro atoms. The number of pyridine rings is 1. The zero-order chi connectivity index (χ0) is 18.4. The number of esters is 1. The Morgan fingerprint density at radius 1 is 1.12 bits per heavy atom. The highest BCUT2D eigenvalue weighted by atomic mass is 16.5. The number of nitrogens with zero attached hydrogens (tertiary/aromatic N) is 3. The number of carbonyl (C=O) groups is 2. The molecular formula is C19H20N4O3. The third-order valence-corrected chi connectivity index (χ3v) is 3.95. The summed E-state index contributed by atoms with van der Waals surface area (Å²) in [6.07, 6.45) is 3.32. The van der Waals surface area contributed by atoms with Gasteiger partial charge in [0.05, 0.1) is 5.56 Å². The average molecular weight is 352 g/mol. The molecule has 2 aromatic heterocycles. The number of ether oxygens (including phenoxy) is 1. The van der Waals surface area contributed by atoms with Gasteiger partial charge < -0.3 is 10.1 Å². The summed E-state index contributed by atoms with van der Waals surface area (Å²) in [5.74, 6) is -0.196. The van der Waals surface area contributed by atoms with Crippen molar-refractivity contribution in [2.75, 3.05) is 13.2 Å². The summed E-state index contributed by atoms with van der Waals surface area (Å²) < 4.78 is 6.76. The molecule has 7 nitrogen and oxygen atoms in total. The molecule has 7 heteroatoms. The highest BCUT2D eigenvalue weighted by Gasteiger charge is 2.12. The van der Waals surface area contributed by atoms with E-state index in [0.717, 1.165) is 12.8 Å². The summed E-state index contributed by atoms with van der Waals surface area (Å²) >= 11 is 0. The number of rotatable bonds is 7. The molecule has 26 heavy (non-hydrogen) atoms. The van der Waals surface area contributed by atoms with Gasteiger partial charge in [-0.25, -0.2) is 4.79 Å². The second-order valence-electron chi connectivity index (χ2n) is 5.91. The van der Waals surface area contributed by atoms with Crippen LogP contribution in [-0.2, 0) is 16.0 Å². The van der Waals surface area contributed by atoms with Gasteiger partial charge in [-0.1, -0.05) is 30.3 Å². The molecule has 0 radical (unpaired) electrons. The van der Waals surface area contributed by atoms with E-state index >= 15 is 0 Å². The summed E-state index contributed by atoms with van der Waals surface area (Å²) in [6, 6.07) is 13.3. The third-order valence-electron chi connectivity index (χ3n) is 3.95. The number of benzene rings is 1. The van der Waals surface area contributed by atoms with Crippen LogP contribution in [0.25, 0.3) is 5.65 Å². The lowest BCUT2D eigenvalue weighted by atomic mass is 10.1. The van der Waals surface area contributed by atoms with Crippen molar-refractivity contribution in [1.82, 2.24) is 19.9 Å². The SMILES string of the molecule is Cc1nnc2ccc(C(=O)OCC(=O)NCCCc3ccccc3)cn12. The number of fused-ring (bicyclic) bond motifs is 1. The number of hydrogen-bond donors (Lipinski definition) is 1. The molecular weight excluding hydrogens is 332 g/mol. The minimum absolute atomic E-state index is 0.302. The first-order valence-electron chi connectivity index (χ1n) is 8.42. The molecule has 3 aromatic rings. The fourth-order valence-electron chi connectivity index (χ4n) is 2.56. The monoisotopic (exact) mass is 352 g/mol. The molecule has 1 amide bonds. The Balaban J connectivity index is 1.41. The summed E-state index contributed by atoms with van der Waals surface area (Å²) in [6.45, 7) is 2.03. The highest BCUT2D eigenvalue weighted by Crippen LogP contribution is 2.08. The minimum atomic E-state index is -0.556. The second-order valence-corrected chi connectivity index (χ2v) is 5.91. The molecule has 0 saturated carbocycles. The summed E-state index contributed by atoms with van der Waals surface area (Å²) in [4.78, 5) is 23.9. The number of amides is 1. The quantitative estimate of drug-likeness (QED) is 0.519. The van der Waals surface area contributed by atoms with E-state index in [2.05, 4.69) is 27.6 Å². The minimum Gasteiger partial charge on any atom is -0.452 e. The topological polar surface area (TPSA) is 85.6 Å². The zero-order valence-electron chi connectivity index (χ0n) is 14.5. The maximum Gasteiger partial charge on any atom is 0.340 e. The van der Waals surface area contributed by atoms with Crippen LogP contribution in [-0.4, -0.2) is 39.6 Å². The Hall–Kier alpha value is -3.22. The maximum atomic E-state index is 12.1. The van der Waals surface area contributed by atoms with E-state index in [0.29, 0.717) is 23.6 Å². The number of nitrogens with one attached hydrogen (secondary N) is 1. The van der Waals surface area contributed by atoms with Gasteiger partial charge in [0.25, 0.3) is 5.91 Å². The first-order chi connectivity index (χ1) is 12.6. The molecule has 1 aromatic carbocycles. The van der Waals surface area contributed by atoms with Crippen molar-refractivity contribution >= 4 is 17.5 Å². The first kappa shape index (κ1) is 17.6. The van der Waals surface area contributed by atoms with Gasteiger partial charge >= 0.3 is 5.97 Å². The van der Waals surface area contributed by atoms with Crippen LogP contribution in [0.1, 0.15) is 28.2 Å². The third kappa shape index (κ3) is 4.44. The molecule has 0 aliphatic carbocycles. The Morgan fingerprint density at radius 3 is 2.73 bits per heavy atom. The predicted octanol–water partition coefficient (Wildman–Crippen LogP) is 1.94. The van der Waals surface area contributed by atoms with Crippen molar-refractivity contribution in [2.45, 2.75) is 19.8 Å². The van der Waals surface area contributed by atoms with Gasteiger partial charge in [0.2, 0.25) is 0 Å². The normalized spacial score (nSPS) is 10.7. The van der Waals surface area contributed by atoms with E-state index in [9.17, 15) is 9.59 Å². The van der Waals surface area contributed by atoms with Crippen molar-refractivity contribution in [2.24, 2.45) is 0 Å². The van der Waals surface area contributed by atoms with Crippen LogP contribution in [0.2, 0.25) is 0 Å². The fourth-order valence-corrected chi connectivity index (χ4v) is 2.56. The highest BCUT2D eigenvalue weighted by molar-refractivity contribution is 5.91. The summed E-state index contributed by atoms with van der Waals surface area (Å²) in [5.41, 5.74) is 2.22. The molecule has 1 N–H and O–H groups in total. The number of aryl methyl sites for hydroxylation is 2. The van der Waals surface area contributed by atoms with Crippen LogP contribution < -0.4 is 5.32 Å². The molecule has 0 aliphatic heterocycles. The molecule has 0 unspecified atom stereocenters. The van der Waals surface area contributed by atoms with Crippen LogP contribution >= 0.6 is 0 Å². The molecule has 0 fully saturated rings. The maximum absolute atomic E-state index is 12.1. The van der Waals surface area contributed by atoms with Gasteiger partial charge in [0.1, 0.15) is 5.82 Å². The molecule has 3 rings (SSSR count). The number of hydrogen-bond acceptors (Lipinski definition) is 5. The number of carbonyl (C=O) groups excluding carboxylic acids is 2. The van der Waals surface area contributed by atoms with Crippen molar-refractivity contribution < 1.29 is 14.3 Å². The van der Waals surface area contributed by atoms with Crippen LogP contribution in [0, 0.1) is 6.92 Å². The Morgan fingerprint density at radius 2 is 1.92 bits per heavy atom. The molecule has 134 valence electrons. The molecule has 0 atom stereocenters. The zero-order valence-corrected chi connectivity index (χ0v) is 14.5. The van der Waals surface area contributed by atoms with E-state index in [1.54, 1.807) is 29.7 Å². The standard InChI is InChI=1S/C19H20N4O3/c1-14-21-22-17-10-9-16(12-23(14)17)19(25)26-13-18(24)20-11-5-8-15-6-3-2-4-7-15/h2-4,6-7,9-10,12H,5,8,11,13H2,1H3,(H,20,24). The number of aromatic nitrogens is 3. The van der Waals surface area contributed by atoms with E-state index in [4.69, 9.17) is 4.74 Å². The summed E-state index contributed by atoms with van der Waals surface area (Å²) in [5, 5.41) is 10.6. The van der Waals surface area contributed by atoms with Gasteiger partial charge in [0.15, 0.2) is 12.3 Å². The largest absolute Gasteiger partial charge is 0.452 e. The van der Waals surface area contributed by atoms with Crippen molar-refractivity contribution in [3.63, 3.8) is 0 Å². The smallest absolute Gasteiger partial charge is 0.340 e. The van der Waals surface area contributed by atoms with Crippen LogP contribution in [0.5, 0.6) is 0 Å².